The molecule has 0 heterocycles. The van der Waals surface area contributed by atoms with Crippen LogP contribution >= 0.6 is 11.6 Å². The number of nitrogens with one attached hydrogen (secondary N) is 2. The van der Waals surface area contributed by atoms with E-state index in [1.165, 1.54) is 24.3 Å². The molecule has 0 aliphatic rings. The molecule has 0 aliphatic carbocycles. The second kappa shape index (κ2) is 8.43. The zero-order valence-corrected chi connectivity index (χ0v) is 16.2. The number of halogens is 1. The Morgan fingerprint density at radius 3 is 2.25 bits per heavy atom. The molecule has 0 unspecified atom stereocenters. The van der Waals surface area contributed by atoms with E-state index in [4.69, 9.17) is 16.7 Å². The number of aliphatic hydroxyl groups is 1. The predicted molar refractivity (Wildman–Crippen MR) is 109 cm³/mol. The summed E-state index contributed by atoms with van der Waals surface area (Å²) >= 11 is 5.79. The van der Waals surface area contributed by atoms with Crippen molar-refractivity contribution < 1.29 is 18.3 Å². The third-order valence-electron chi connectivity index (χ3n) is 3.89. The Morgan fingerprint density at radius 2 is 1.61 bits per heavy atom. The minimum atomic E-state index is -3.79. The maximum Gasteiger partial charge on any atom is 0.261 e. The van der Waals surface area contributed by atoms with Crippen molar-refractivity contribution in [1.82, 2.24) is 0 Å². The van der Waals surface area contributed by atoms with Crippen LogP contribution < -0.4 is 10.0 Å². The third-order valence-corrected chi connectivity index (χ3v) is 5.54. The van der Waals surface area contributed by atoms with Gasteiger partial charge in [0.15, 0.2) is 0 Å². The van der Waals surface area contributed by atoms with Gasteiger partial charge in [-0.3, -0.25) is 9.52 Å². The van der Waals surface area contributed by atoms with Crippen molar-refractivity contribution in [2.24, 2.45) is 0 Å². The van der Waals surface area contributed by atoms with Crippen molar-refractivity contribution in [3.8, 4) is 0 Å². The zero-order valence-electron chi connectivity index (χ0n) is 14.6. The van der Waals surface area contributed by atoms with E-state index < -0.39 is 10.0 Å². The van der Waals surface area contributed by atoms with Crippen molar-refractivity contribution in [3.05, 3.63) is 88.9 Å². The van der Waals surface area contributed by atoms with Crippen LogP contribution in [0.2, 0.25) is 5.02 Å². The molecule has 0 bridgehead atoms. The van der Waals surface area contributed by atoms with Crippen LogP contribution in [-0.4, -0.2) is 19.4 Å². The normalized spacial score (nSPS) is 11.1. The van der Waals surface area contributed by atoms with Gasteiger partial charge in [-0.1, -0.05) is 23.7 Å². The van der Waals surface area contributed by atoms with Gasteiger partial charge in [0.05, 0.1) is 11.5 Å². The van der Waals surface area contributed by atoms with Gasteiger partial charge in [0.25, 0.3) is 15.9 Å². The largest absolute Gasteiger partial charge is 0.392 e. The summed E-state index contributed by atoms with van der Waals surface area (Å²) in [5.41, 5.74) is 1.90. The van der Waals surface area contributed by atoms with Crippen molar-refractivity contribution in [2.75, 3.05) is 10.0 Å². The highest BCUT2D eigenvalue weighted by atomic mass is 35.5. The number of anilines is 2. The Labute approximate surface area is 167 Å². The molecular formula is C20H17ClN2O4S. The van der Waals surface area contributed by atoms with Gasteiger partial charge in [-0.05, 0) is 66.2 Å². The molecule has 28 heavy (non-hydrogen) atoms. The first-order chi connectivity index (χ1) is 13.4. The molecule has 144 valence electrons. The molecule has 3 rings (SSSR count). The first kappa shape index (κ1) is 19.9. The number of amides is 1. The fourth-order valence-electron chi connectivity index (χ4n) is 2.47. The zero-order chi connectivity index (χ0) is 20.1. The molecule has 0 aliphatic heterocycles. The van der Waals surface area contributed by atoms with Gasteiger partial charge < -0.3 is 10.4 Å². The Morgan fingerprint density at radius 1 is 0.929 bits per heavy atom. The molecule has 6 nitrogen and oxygen atoms in total. The lowest BCUT2D eigenvalue weighted by Crippen LogP contribution is -2.15. The molecule has 0 aromatic heterocycles. The van der Waals surface area contributed by atoms with E-state index in [2.05, 4.69) is 10.0 Å². The monoisotopic (exact) mass is 416 g/mol. The lowest BCUT2D eigenvalue weighted by atomic mass is 10.2. The Bertz CT molecular complexity index is 1080. The SMILES string of the molecule is O=C(Nc1cccc(CO)c1)c1ccc(S(=O)(=O)Nc2ccc(Cl)cc2)cc1. The van der Waals surface area contributed by atoms with E-state index in [9.17, 15) is 13.2 Å². The van der Waals surface area contributed by atoms with Crippen molar-refractivity contribution in [2.45, 2.75) is 11.5 Å². The van der Waals surface area contributed by atoms with Crippen molar-refractivity contribution in [1.29, 1.82) is 0 Å². The highest BCUT2D eigenvalue weighted by molar-refractivity contribution is 7.92. The minimum absolute atomic E-state index is 0.0290. The summed E-state index contributed by atoms with van der Waals surface area (Å²) < 4.78 is 27.4. The standard InChI is InChI=1S/C20H17ClN2O4S/c21-16-6-8-17(9-7-16)23-28(26,27)19-10-4-15(5-11-19)20(25)22-18-3-1-2-14(12-18)13-24/h1-12,23-24H,13H2,(H,22,25). The van der Waals surface area contributed by atoms with Gasteiger partial charge in [-0.2, -0.15) is 0 Å². The van der Waals surface area contributed by atoms with E-state index in [0.29, 0.717) is 27.5 Å². The second-order valence-electron chi connectivity index (χ2n) is 5.95. The first-order valence-electron chi connectivity index (χ1n) is 8.27. The average molecular weight is 417 g/mol. The molecule has 0 spiro atoms. The smallest absolute Gasteiger partial charge is 0.261 e. The summed E-state index contributed by atoms with van der Waals surface area (Å²) in [6.07, 6.45) is 0. The summed E-state index contributed by atoms with van der Waals surface area (Å²) in [5.74, 6) is -0.385. The Kier molecular flexibility index (Phi) is 5.99. The van der Waals surface area contributed by atoms with Crippen molar-refractivity contribution >= 4 is 38.9 Å². The number of benzene rings is 3. The minimum Gasteiger partial charge on any atom is -0.392 e. The summed E-state index contributed by atoms with van der Waals surface area (Å²) in [7, 11) is -3.79. The molecule has 0 saturated heterocycles. The van der Waals surface area contributed by atoms with Gasteiger partial charge in [0.2, 0.25) is 0 Å². The predicted octanol–water partition coefficient (Wildman–Crippen LogP) is 3.89. The quantitative estimate of drug-likeness (QED) is 0.568. The van der Waals surface area contributed by atoms with Gasteiger partial charge in [-0.25, -0.2) is 8.42 Å². The van der Waals surface area contributed by atoms with E-state index in [0.717, 1.165) is 0 Å². The molecule has 0 atom stereocenters. The number of hydrogen-bond donors (Lipinski definition) is 3. The fraction of sp³-hybridized carbons (Fsp3) is 0.0500. The fourth-order valence-corrected chi connectivity index (χ4v) is 3.65. The van der Waals surface area contributed by atoms with Gasteiger partial charge in [0.1, 0.15) is 0 Å². The maximum atomic E-state index is 12.5. The Hall–Kier alpha value is -2.87. The highest BCUT2D eigenvalue weighted by Gasteiger charge is 2.15. The number of carbonyl (C=O) groups is 1. The first-order valence-corrected chi connectivity index (χ1v) is 10.1. The van der Waals surface area contributed by atoms with E-state index in [1.54, 1.807) is 48.5 Å². The van der Waals surface area contributed by atoms with E-state index in [1.807, 2.05) is 0 Å². The molecule has 8 heteroatoms. The lowest BCUT2D eigenvalue weighted by Gasteiger charge is -2.10. The van der Waals surface area contributed by atoms with Crippen molar-refractivity contribution in [3.63, 3.8) is 0 Å². The lowest BCUT2D eigenvalue weighted by molar-refractivity contribution is 0.102. The van der Waals surface area contributed by atoms with Gasteiger partial charge in [-0.15, -0.1) is 0 Å². The maximum absolute atomic E-state index is 12.5. The van der Waals surface area contributed by atoms with Crippen LogP contribution in [0.5, 0.6) is 0 Å². The molecule has 0 fully saturated rings. The topological polar surface area (TPSA) is 95.5 Å². The highest BCUT2D eigenvalue weighted by Crippen LogP contribution is 2.19. The summed E-state index contributed by atoms with van der Waals surface area (Å²) in [6, 6.07) is 18.7. The molecule has 3 N–H and O–H groups in total. The van der Waals surface area contributed by atoms with Crippen LogP contribution in [0, 0.1) is 0 Å². The van der Waals surface area contributed by atoms with E-state index >= 15 is 0 Å². The van der Waals surface area contributed by atoms with Crippen LogP contribution in [0.1, 0.15) is 15.9 Å². The number of carbonyl (C=O) groups excluding carboxylic acids is 1. The average Bonchev–Trinajstić information content (AvgIpc) is 2.70. The number of aliphatic hydroxyl groups excluding tert-OH is 1. The number of rotatable bonds is 6. The number of hydrogen-bond acceptors (Lipinski definition) is 4. The molecule has 3 aromatic carbocycles. The molecule has 1 amide bonds. The van der Waals surface area contributed by atoms with E-state index in [-0.39, 0.29) is 17.4 Å². The van der Waals surface area contributed by atoms with Crippen LogP contribution in [0.15, 0.2) is 77.7 Å². The van der Waals surface area contributed by atoms with Crippen LogP contribution in [0.3, 0.4) is 0 Å². The Balaban J connectivity index is 1.72. The van der Waals surface area contributed by atoms with Crippen LogP contribution in [0.4, 0.5) is 11.4 Å². The second-order valence-corrected chi connectivity index (χ2v) is 8.07. The molecular weight excluding hydrogens is 400 g/mol. The molecule has 0 saturated carbocycles. The van der Waals surface area contributed by atoms with Gasteiger partial charge in [0, 0.05) is 22.0 Å². The summed E-state index contributed by atoms with van der Waals surface area (Å²) in [5, 5.41) is 12.4. The number of sulfonamides is 1. The van der Waals surface area contributed by atoms with Crippen LogP contribution in [-0.2, 0) is 16.6 Å². The summed E-state index contributed by atoms with van der Waals surface area (Å²) in [4.78, 5) is 12.4. The van der Waals surface area contributed by atoms with Crippen LogP contribution in [0.25, 0.3) is 0 Å². The van der Waals surface area contributed by atoms with Gasteiger partial charge >= 0.3 is 0 Å². The molecule has 0 radical (unpaired) electrons. The third kappa shape index (κ3) is 4.89. The summed E-state index contributed by atoms with van der Waals surface area (Å²) in [6.45, 7) is -0.128. The molecule has 3 aromatic rings.